The summed E-state index contributed by atoms with van der Waals surface area (Å²) in [7, 11) is -3.89. The minimum Gasteiger partial charge on any atom is -0.344 e. The summed E-state index contributed by atoms with van der Waals surface area (Å²) >= 11 is 0. The largest absolute Gasteiger partial charge is 0.344 e. The Morgan fingerprint density at radius 1 is 1.03 bits per heavy atom. The van der Waals surface area contributed by atoms with Gasteiger partial charge in [-0.1, -0.05) is 29.8 Å². The molecule has 0 aromatic heterocycles. The van der Waals surface area contributed by atoms with Crippen molar-refractivity contribution < 1.29 is 27.5 Å². The highest BCUT2D eigenvalue weighted by molar-refractivity contribution is 7.89. The van der Waals surface area contributed by atoms with Crippen LogP contribution < -0.4 is 4.83 Å². The summed E-state index contributed by atoms with van der Waals surface area (Å²) in [6.45, 7) is 2.03. The quantitative estimate of drug-likeness (QED) is 0.567. The number of carbonyl (C=O) groups is 2. The number of aryl methyl sites for hydroxylation is 1. The molecule has 2 fully saturated rings. The van der Waals surface area contributed by atoms with E-state index in [1.54, 1.807) is 36.4 Å². The van der Waals surface area contributed by atoms with Crippen molar-refractivity contribution in [3.8, 4) is 0 Å². The molecule has 5 rings (SSSR count). The van der Waals surface area contributed by atoms with Gasteiger partial charge in [0.1, 0.15) is 6.10 Å². The van der Waals surface area contributed by atoms with Crippen molar-refractivity contribution in [2.24, 2.45) is 5.10 Å². The van der Waals surface area contributed by atoms with E-state index in [1.807, 2.05) is 6.92 Å². The molecule has 160 valence electrons. The Bertz CT molecular complexity index is 1170. The minimum atomic E-state index is -3.89. The molecule has 0 radical (unpaired) electrons. The van der Waals surface area contributed by atoms with E-state index in [9.17, 15) is 18.0 Å². The van der Waals surface area contributed by atoms with Crippen LogP contribution in [-0.2, 0) is 19.5 Å². The van der Waals surface area contributed by atoms with Crippen LogP contribution in [0.1, 0.15) is 32.7 Å². The van der Waals surface area contributed by atoms with E-state index >= 15 is 0 Å². The third-order valence-electron chi connectivity index (χ3n) is 5.63. The summed E-state index contributed by atoms with van der Waals surface area (Å²) in [6, 6.07) is 12.3. The van der Waals surface area contributed by atoms with Crippen molar-refractivity contribution in [2.45, 2.75) is 36.7 Å². The Morgan fingerprint density at radius 3 is 2.32 bits per heavy atom. The maximum absolute atomic E-state index is 12.9. The van der Waals surface area contributed by atoms with Crippen molar-refractivity contribution in [1.82, 2.24) is 9.73 Å². The van der Waals surface area contributed by atoms with E-state index in [2.05, 4.69) is 9.93 Å². The van der Waals surface area contributed by atoms with Gasteiger partial charge in [0.25, 0.3) is 21.8 Å². The average molecular weight is 441 g/mol. The van der Waals surface area contributed by atoms with Gasteiger partial charge in [-0.2, -0.15) is 18.4 Å². The molecule has 0 saturated carbocycles. The van der Waals surface area contributed by atoms with E-state index in [-0.39, 0.29) is 23.6 Å². The van der Waals surface area contributed by atoms with E-state index in [0.717, 1.165) is 5.56 Å². The van der Waals surface area contributed by atoms with E-state index in [1.165, 1.54) is 17.0 Å². The number of nitrogens with one attached hydrogen (secondary N) is 1. The number of carbonyl (C=O) groups excluding carboxylic acids is 2. The van der Waals surface area contributed by atoms with Crippen LogP contribution in [0.15, 0.2) is 58.5 Å². The Hall–Kier alpha value is -3.08. The molecule has 2 aromatic carbocycles. The number of hydrogen-bond acceptors (Lipinski definition) is 7. The summed E-state index contributed by atoms with van der Waals surface area (Å²) < 4.78 is 36.5. The predicted octanol–water partition coefficient (Wildman–Crippen LogP) is 1.44. The number of benzene rings is 2. The summed E-state index contributed by atoms with van der Waals surface area (Å²) in [6.07, 6.45) is -1.17. The van der Waals surface area contributed by atoms with Gasteiger partial charge in [0.05, 0.1) is 34.4 Å². The zero-order chi connectivity index (χ0) is 21.8. The number of fused-ring (bicyclic) bond motifs is 3. The van der Waals surface area contributed by atoms with Crippen LogP contribution >= 0.6 is 0 Å². The zero-order valence-corrected chi connectivity index (χ0v) is 17.3. The van der Waals surface area contributed by atoms with Crippen molar-refractivity contribution in [2.75, 3.05) is 6.61 Å². The Morgan fingerprint density at radius 2 is 1.68 bits per heavy atom. The normalized spacial score (nSPS) is 26.4. The third-order valence-corrected chi connectivity index (χ3v) is 6.85. The lowest BCUT2D eigenvalue weighted by atomic mass is 10.0. The first-order valence-corrected chi connectivity index (χ1v) is 11.2. The number of nitrogens with zero attached hydrogens (tertiary/aromatic N) is 2. The van der Waals surface area contributed by atoms with Gasteiger partial charge < -0.3 is 9.47 Å². The van der Waals surface area contributed by atoms with Crippen molar-refractivity contribution in [3.05, 3.63) is 65.2 Å². The van der Waals surface area contributed by atoms with Crippen LogP contribution in [0.3, 0.4) is 0 Å². The molecule has 3 atom stereocenters. The van der Waals surface area contributed by atoms with Crippen LogP contribution in [0.4, 0.5) is 0 Å². The molecule has 0 unspecified atom stereocenters. The Labute approximate surface area is 178 Å². The second-order valence-corrected chi connectivity index (χ2v) is 9.31. The number of hydrogen-bond donors (Lipinski definition) is 1. The van der Waals surface area contributed by atoms with Gasteiger partial charge in [0, 0.05) is 6.42 Å². The maximum Gasteiger partial charge on any atom is 0.276 e. The summed E-state index contributed by atoms with van der Waals surface area (Å²) in [5, 5.41) is 4.03. The summed E-state index contributed by atoms with van der Waals surface area (Å²) in [5.41, 5.74) is 1.88. The van der Waals surface area contributed by atoms with Gasteiger partial charge in [-0.15, -0.1) is 0 Å². The molecule has 0 spiro atoms. The second kappa shape index (κ2) is 7.26. The topological polar surface area (TPSA) is 114 Å². The van der Waals surface area contributed by atoms with Crippen molar-refractivity contribution in [1.29, 1.82) is 0 Å². The highest BCUT2D eigenvalue weighted by Gasteiger charge is 2.50. The molecule has 31 heavy (non-hydrogen) atoms. The van der Waals surface area contributed by atoms with Crippen molar-refractivity contribution >= 4 is 27.5 Å². The molecule has 9 nitrogen and oxygen atoms in total. The predicted molar refractivity (Wildman–Crippen MR) is 109 cm³/mol. The number of rotatable bonds is 4. The Kier molecular flexibility index (Phi) is 4.65. The van der Waals surface area contributed by atoms with E-state index in [4.69, 9.17) is 9.47 Å². The Balaban J connectivity index is 1.40. The molecule has 2 aromatic rings. The fraction of sp³-hybridized carbons (Fsp3) is 0.286. The van der Waals surface area contributed by atoms with Crippen LogP contribution in [0, 0.1) is 6.92 Å². The molecule has 0 aliphatic carbocycles. The van der Waals surface area contributed by atoms with Gasteiger partial charge in [-0.25, -0.2) is 0 Å². The molecule has 2 saturated heterocycles. The molecular weight excluding hydrogens is 422 g/mol. The van der Waals surface area contributed by atoms with Gasteiger partial charge in [-0.3, -0.25) is 14.5 Å². The molecule has 3 heterocycles. The van der Waals surface area contributed by atoms with Crippen LogP contribution in [-0.4, -0.2) is 55.9 Å². The third kappa shape index (κ3) is 3.32. The van der Waals surface area contributed by atoms with Gasteiger partial charge >= 0.3 is 0 Å². The summed E-state index contributed by atoms with van der Waals surface area (Å²) in [5.74, 6) is -0.807. The lowest BCUT2D eigenvalue weighted by Crippen LogP contribution is -2.52. The average Bonchev–Trinajstić information content (AvgIpc) is 3.29. The first-order chi connectivity index (χ1) is 14.8. The van der Waals surface area contributed by atoms with Crippen LogP contribution in [0.2, 0.25) is 0 Å². The SMILES string of the molecule is Cc1ccc(S(=O)(=O)N/N=C2/C[C@H](N3C(=O)c4ccccc4C3=O)[C@@H]3CO[C@H]2O3)cc1. The number of amides is 2. The minimum absolute atomic E-state index is 0.0706. The van der Waals surface area contributed by atoms with Gasteiger partial charge in [-0.05, 0) is 31.2 Å². The maximum atomic E-state index is 12.9. The molecule has 2 amide bonds. The van der Waals surface area contributed by atoms with Crippen LogP contribution in [0.25, 0.3) is 0 Å². The summed E-state index contributed by atoms with van der Waals surface area (Å²) in [4.78, 5) is 29.2. The molecule has 2 bridgehead atoms. The first kappa shape index (κ1) is 19.9. The molecule has 1 N–H and O–H groups in total. The number of ether oxygens (including phenoxy) is 2. The van der Waals surface area contributed by atoms with Gasteiger partial charge in [0.15, 0.2) is 6.29 Å². The highest BCUT2D eigenvalue weighted by atomic mass is 32.2. The lowest BCUT2D eigenvalue weighted by molar-refractivity contribution is -0.0376. The van der Waals surface area contributed by atoms with Crippen molar-refractivity contribution in [3.63, 3.8) is 0 Å². The first-order valence-electron chi connectivity index (χ1n) is 9.74. The van der Waals surface area contributed by atoms with Crippen LogP contribution in [0.5, 0.6) is 0 Å². The fourth-order valence-corrected chi connectivity index (χ4v) is 4.83. The number of imide groups is 1. The lowest BCUT2D eigenvalue weighted by Gasteiger charge is -2.33. The smallest absolute Gasteiger partial charge is 0.276 e. The second-order valence-electron chi connectivity index (χ2n) is 7.65. The highest BCUT2D eigenvalue weighted by Crippen LogP contribution is 2.34. The number of hydrazone groups is 1. The molecule has 10 heteroatoms. The monoisotopic (exact) mass is 441 g/mol. The van der Waals surface area contributed by atoms with Gasteiger partial charge in [0.2, 0.25) is 0 Å². The standard InChI is InChI=1S/C21H19N3O6S/c1-12-6-8-13(9-7-12)31(27,28)23-22-16-10-17(18-11-29-21(16)30-18)24-19(25)14-4-2-3-5-15(14)20(24)26/h2-9,17-18,21,23H,10-11H2,1H3/b22-16-/t17-,18-,21-/m0/s1. The number of sulfonamides is 1. The van der Waals surface area contributed by atoms with E-state index < -0.39 is 40.3 Å². The fourth-order valence-electron chi connectivity index (χ4n) is 3.99. The molecule has 3 aliphatic heterocycles. The zero-order valence-electron chi connectivity index (χ0n) is 16.5. The molecular formula is C21H19N3O6S. The van der Waals surface area contributed by atoms with E-state index in [0.29, 0.717) is 11.1 Å². The molecule has 3 aliphatic rings.